The summed E-state index contributed by atoms with van der Waals surface area (Å²) in [6, 6.07) is 10.1. The van der Waals surface area contributed by atoms with Gasteiger partial charge >= 0.3 is 6.01 Å². The minimum absolute atomic E-state index is 0. The molecule has 1 aromatic carbocycles. The molecular formula is C18H22ClN5OS. The molecule has 3 N–H and O–H groups in total. The molecule has 138 valence electrons. The van der Waals surface area contributed by atoms with Gasteiger partial charge in [-0.1, -0.05) is 35.4 Å². The Hall–Kier alpha value is -1.96. The summed E-state index contributed by atoms with van der Waals surface area (Å²) in [4.78, 5) is 6.13. The molecule has 2 heterocycles. The summed E-state index contributed by atoms with van der Waals surface area (Å²) in [6.07, 6.45) is 5.45. The van der Waals surface area contributed by atoms with Crippen molar-refractivity contribution in [2.75, 3.05) is 5.32 Å². The van der Waals surface area contributed by atoms with Crippen molar-refractivity contribution >= 4 is 29.8 Å². The summed E-state index contributed by atoms with van der Waals surface area (Å²) in [6.45, 7) is 0.604. The zero-order chi connectivity index (χ0) is 17.1. The van der Waals surface area contributed by atoms with Gasteiger partial charge in [0.25, 0.3) is 0 Å². The standard InChI is InChI=1S/C18H21N5OS.ClH/c19-13(10-12-6-2-1-3-7-12)17-22-23-18(24-17)20-11-16-21-14-8-4-5-9-15(14)25-16;/h1-3,6-7,13H,4-5,8-11,19H2,(H,20,23);1H/t13-;/m1./s1. The molecule has 0 unspecified atom stereocenters. The van der Waals surface area contributed by atoms with Gasteiger partial charge < -0.3 is 15.5 Å². The Morgan fingerprint density at radius 1 is 1.15 bits per heavy atom. The van der Waals surface area contributed by atoms with Gasteiger partial charge in [-0.3, -0.25) is 0 Å². The molecule has 0 amide bonds. The number of hydrogen-bond acceptors (Lipinski definition) is 7. The number of halogens is 1. The average Bonchev–Trinajstić information content (AvgIpc) is 3.27. The van der Waals surface area contributed by atoms with Gasteiger partial charge in [-0.15, -0.1) is 28.8 Å². The predicted molar refractivity (Wildman–Crippen MR) is 105 cm³/mol. The number of aromatic nitrogens is 3. The minimum Gasteiger partial charge on any atom is -0.406 e. The largest absolute Gasteiger partial charge is 0.406 e. The van der Waals surface area contributed by atoms with Crippen LogP contribution in [0.25, 0.3) is 0 Å². The Balaban J connectivity index is 0.00000196. The van der Waals surface area contributed by atoms with Crippen molar-refractivity contribution in [1.29, 1.82) is 0 Å². The number of anilines is 1. The topological polar surface area (TPSA) is 89.9 Å². The van der Waals surface area contributed by atoms with Crippen molar-refractivity contribution < 1.29 is 4.42 Å². The molecule has 6 nitrogen and oxygen atoms in total. The maximum Gasteiger partial charge on any atom is 0.315 e. The molecule has 3 aromatic rings. The molecule has 4 rings (SSSR count). The fraction of sp³-hybridized carbons (Fsp3) is 0.389. The van der Waals surface area contributed by atoms with Crippen LogP contribution in [0.2, 0.25) is 0 Å². The normalized spacial score (nSPS) is 14.3. The van der Waals surface area contributed by atoms with Crippen LogP contribution < -0.4 is 11.1 Å². The number of nitrogens with zero attached hydrogens (tertiary/aromatic N) is 3. The van der Waals surface area contributed by atoms with Gasteiger partial charge in [-0.05, 0) is 37.7 Å². The van der Waals surface area contributed by atoms with Crippen LogP contribution in [0.1, 0.15) is 45.9 Å². The van der Waals surface area contributed by atoms with Crippen LogP contribution in [0.4, 0.5) is 6.01 Å². The maximum atomic E-state index is 6.18. The molecule has 0 bridgehead atoms. The van der Waals surface area contributed by atoms with E-state index in [1.165, 1.54) is 23.4 Å². The van der Waals surface area contributed by atoms with E-state index in [0.717, 1.165) is 23.4 Å². The fourth-order valence-electron chi connectivity index (χ4n) is 3.04. The van der Waals surface area contributed by atoms with E-state index in [-0.39, 0.29) is 18.4 Å². The molecule has 8 heteroatoms. The monoisotopic (exact) mass is 391 g/mol. The molecule has 0 saturated carbocycles. The SMILES string of the molecule is Cl.N[C@H](Cc1ccccc1)c1nnc(NCc2nc3c(s2)CCCC3)o1. The number of hydrogen-bond donors (Lipinski definition) is 2. The molecule has 1 aliphatic rings. The fourth-order valence-corrected chi connectivity index (χ4v) is 4.14. The number of nitrogens with two attached hydrogens (primary N) is 1. The molecule has 1 aliphatic carbocycles. The van der Waals surface area contributed by atoms with Crippen molar-refractivity contribution in [3.8, 4) is 0 Å². The van der Waals surface area contributed by atoms with Gasteiger partial charge in [0.2, 0.25) is 5.89 Å². The summed E-state index contributed by atoms with van der Waals surface area (Å²) in [7, 11) is 0. The highest BCUT2D eigenvalue weighted by Crippen LogP contribution is 2.27. The number of thiazole rings is 1. The molecule has 0 aliphatic heterocycles. The first-order valence-electron chi connectivity index (χ1n) is 8.62. The first kappa shape index (κ1) is 18.8. The second kappa shape index (κ2) is 8.62. The Labute approximate surface area is 162 Å². The zero-order valence-corrected chi connectivity index (χ0v) is 16.0. The number of fused-ring (bicyclic) bond motifs is 1. The third-order valence-electron chi connectivity index (χ3n) is 4.34. The predicted octanol–water partition coefficient (Wildman–Crippen LogP) is 3.68. The van der Waals surface area contributed by atoms with E-state index in [9.17, 15) is 0 Å². The molecule has 26 heavy (non-hydrogen) atoms. The quantitative estimate of drug-likeness (QED) is 0.666. The van der Waals surface area contributed by atoms with Crippen LogP contribution in [0.3, 0.4) is 0 Å². The smallest absolute Gasteiger partial charge is 0.315 e. The lowest BCUT2D eigenvalue weighted by atomic mass is 10.0. The molecule has 0 fully saturated rings. The van der Waals surface area contributed by atoms with Gasteiger partial charge in [0.15, 0.2) is 0 Å². The molecule has 1 atom stereocenters. The number of aryl methyl sites for hydroxylation is 2. The van der Waals surface area contributed by atoms with Crippen molar-refractivity contribution in [2.45, 2.75) is 44.7 Å². The zero-order valence-electron chi connectivity index (χ0n) is 14.4. The van der Waals surface area contributed by atoms with Crippen molar-refractivity contribution in [3.05, 3.63) is 57.4 Å². The Bertz CT molecular complexity index is 812. The number of nitrogens with one attached hydrogen (secondary N) is 1. The van der Waals surface area contributed by atoms with Crippen LogP contribution in [-0.2, 0) is 25.8 Å². The van der Waals surface area contributed by atoms with E-state index < -0.39 is 0 Å². The Kier molecular flexibility index (Phi) is 6.24. The highest BCUT2D eigenvalue weighted by molar-refractivity contribution is 7.11. The molecule has 2 aromatic heterocycles. The second-order valence-electron chi connectivity index (χ2n) is 6.28. The van der Waals surface area contributed by atoms with Crippen LogP contribution in [-0.4, -0.2) is 15.2 Å². The van der Waals surface area contributed by atoms with E-state index >= 15 is 0 Å². The van der Waals surface area contributed by atoms with E-state index in [2.05, 4.69) is 15.5 Å². The minimum atomic E-state index is -0.308. The molecule has 0 saturated heterocycles. The van der Waals surface area contributed by atoms with Crippen LogP contribution in [0.5, 0.6) is 0 Å². The summed E-state index contributed by atoms with van der Waals surface area (Å²) in [5, 5.41) is 12.3. The van der Waals surface area contributed by atoms with E-state index in [1.54, 1.807) is 11.3 Å². The summed E-state index contributed by atoms with van der Waals surface area (Å²) < 4.78 is 5.66. The van der Waals surface area contributed by atoms with Gasteiger partial charge in [-0.2, -0.15) is 0 Å². The van der Waals surface area contributed by atoms with Gasteiger partial charge in [0, 0.05) is 4.88 Å². The third kappa shape index (κ3) is 4.41. The third-order valence-corrected chi connectivity index (χ3v) is 5.49. The highest BCUT2D eigenvalue weighted by atomic mass is 35.5. The summed E-state index contributed by atoms with van der Waals surface area (Å²) >= 11 is 1.78. The molecular weight excluding hydrogens is 370 g/mol. The van der Waals surface area contributed by atoms with Crippen LogP contribution >= 0.6 is 23.7 Å². The van der Waals surface area contributed by atoms with Crippen molar-refractivity contribution in [1.82, 2.24) is 15.2 Å². The van der Waals surface area contributed by atoms with Crippen LogP contribution in [0.15, 0.2) is 34.7 Å². The lowest BCUT2D eigenvalue weighted by Crippen LogP contribution is -2.13. The van der Waals surface area contributed by atoms with E-state index in [0.29, 0.717) is 24.9 Å². The lowest BCUT2D eigenvalue weighted by molar-refractivity contribution is 0.456. The average molecular weight is 392 g/mol. The van der Waals surface area contributed by atoms with Crippen molar-refractivity contribution in [2.24, 2.45) is 5.73 Å². The van der Waals surface area contributed by atoms with E-state index in [1.807, 2.05) is 30.3 Å². The van der Waals surface area contributed by atoms with Crippen molar-refractivity contribution in [3.63, 3.8) is 0 Å². The van der Waals surface area contributed by atoms with Gasteiger partial charge in [-0.25, -0.2) is 4.98 Å². The van der Waals surface area contributed by atoms with Gasteiger partial charge in [0.05, 0.1) is 18.3 Å². The summed E-state index contributed by atoms with van der Waals surface area (Å²) in [5.41, 5.74) is 8.60. The van der Waals surface area contributed by atoms with Crippen LogP contribution in [0, 0.1) is 0 Å². The van der Waals surface area contributed by atoms with Gasteiger partial charge in [0.1, 0.15) is 5.01 Å². The Morgan fingerprint density at radius 2 is 1.96 bits per heavy atom. The summed E-state index contributed by atoms with van der Waals surface area (Å²) in [5.74, 6) is 0.449. The number of benzene rings is 1. The maximum absolute atomic E-state index is 6.18. The van der Waals surface area contributed by atoms with E-state index in [4.69, 9.17) is 15.1 Å². The first-order chi connectivity index (χ1) is 12.3. The first-order valence-corrected chi connectivity index (χ1v) is 9.44. The highest BCUT2D eigenvalue weighted by Gasteiger charge is 2.17. The molecule has 0 radical (unpaired) electrons. The second-order valence-corrected chi connectivity index (χ2v) is 7.45. The lowest BCUT2D eigenvalue weighted by Gasteiger charge is -2.06. The Morgan fingerprint density at radius 3 is 2.77 bits per heavy atom. The molecule has 0 spiro atoms. The number of rotatable bonds is 6.